The van der Waals surface area contributed by atoms with Crippen molar-refractivity contribution in [2.75, 3.05) is 6.61 Å². The van der Waals surface area contributed by atoms with Crippen molar-refractivity contribution in [2.45, 2.75) is 53.0 Å². The van der Waals surface area contributed by atoms with Crippen molar-refractivity contribution >= 4 is 27.7 Å². The van der Waals surface area contributed by atoms with Gasteiger partial charge in [-0.3, -0.25) is 4.99 Å². The minimum absolute atomic E-state index is 0. The summed E-state index contributed by atoms with van der Waals surface area (Å²) in [7, 11) is 0. The Balaban J connectivity index is 0.00000338. The molecule has 0 unspecified atom stereocenters. The van der Waals surface area contributed by atoms with E-state index in [1.54, 1.807) is 0 Å². The molecule has 2 aromatic heterocycles. The molecular weight excluding hydrogens is 750 g/mol. The van der Waals surface area contributed by atoms with Crippen molar-refractivity contribution in [1.82, 2.24) is 9.55 Å². The molecule has 4 aromatic carbocycles. The maximum atomic E-state index is 6.69. The Labute approximate surface area is 284 Å². The molecule has 0 saturated heterocycles. The van der Waals surface area contributed by atoms with E-state index in [2.05, 4.69) is 101 Å². The predicted molar refractivity (Wildman–Crippen MR) is 181 cm³/mol. The summed E-state index contributed by atoms with van der Waals surface area (Å²) in [6.45, 7) is 13.8. The fourth-order valence-electron chi connectivity index (χ4n) is 6.84. The third kappa shape index (κ3) is 4.79. The van der Waals surface area contributed by atoms with Crippen molar-refractivity contribution in [3.05, 3.63) is 119 Å². The van der Waals surface area contributed by atoms with E-state index in [1.165, 1.54) is 27.6 Å². The first-order chi connectivity index (χ1) is 21.7. The normalized spacial score (nSPS) is 16.2. The molecule has 2 aliphatic rings. The van der Waals surface area contributed by atoms with E-state index < -0.39 is 0 Å². The quantitative estimate of drug-likeness (QED) is 0.164. The molecule has 46 heavy (non-hydrogen) atoms. The third-order valence-electron chi connectivity index (χ3n) is 9.38. The molecule has 0 spiro atoms. The second-order valence-electron chi connectivity index (χ2n) is 13.3. The number of nitrogens with zero attached hydrogens (tertiary/aromatic N) is 3. The number of pyridine rings is 1. The van der Waals surface area contributed by atoms with E-state index in [9.17, 15) is 0 Å². The van der Waals surface area contributed by atoms with Crippen LogP contribution in [0.5, 0.6) is 11.5 Å². The summed E-state index contributed by atoms with van der Waals surface area (Å²) in [4.78, 5) is 9.80. The molecule has 2 aliphatic heterocycles. The first-order valence-corrected chi connectivity index (χ1v) is 15.7. The Morgan fingerprint density at radius 3 is 2.48 bits per heavy atom. The Bertz CT molecular complexity index is 2180. The first-order valence-electron chi connectivity index (χ1n) is 15.7. The third-order valence-corrected chi connectivity index (χ3v) is 9.38. The molecule has 0 radical (unpaired) electrons. The number of hydrogen-bond donors (Lipinski definition) is 0. The van der Waals surface area contributed by atoms with E-state index in [0.29, 0.717) is 29.9 Å². The van der Waals surface area contributed by atoms with Gasteiger partial charge in [-0.25, -0.2) is 4.98 Å². The number of ether oxygens (including phenoxy) is 2. The van der Waals surface area contributed by atoms with Crippen LogP contribution in [0.2, 0.25) is 0 Å². The van der Waals surface area contributed by atoms with Crippen LogP contribution in [-0.2, 0) is 31.2 Å². The maximum Gasteiger partial charge on any atom is 2.00 e. The van der Waals surface area contributed by atoms with Crippen LogP contribution in [0.25, 0.3) is 38.8 Å². The average molecular weight is 785 g/mol. The van der Waals surface area contributed by atoms with Gasteiger partial charge >= 0.3 is 21.1 Å². The minimum atomic E-state index is -0.185. The van der Waals surface area contributed by atoms with Gasteiger partial charge < -0.3 is 14.0 Å². The topological polar surface area (TPSA) is 48.6 Å². The number of aryl methyl sites for hydroxylation is 2. The van der Waals surface area contributed by atoms with Crippen LogP contribution in [0.3, 0.4) is 0 Å². The molecular formula is C40H35N3O2Pt. The average Bonchev–Trinajstić information content (AvgIpc) is 3.65. The second kappa shape index (κ2) is 11.2. The molecule has 1 atom stereocenters. The number of benzene rings is 4. The Kier molecular flexibility index (Phi) is 7.44. The Morgan fingerprint density at radius 1 is 0.913 bits per heavy atom. The maximum absolute atomic E-state index is 6.69. The fraction of sp³-hybridized carbons (Fsp3) is 0.250. The van der Waals surface area contributed by atoms with Crippen molar-refractivity contribution < 1.29 is 30.5 Å². The molecule has 0 amide bonds. The SMILES string of the molecule is Cc1cc2c3c(c1)c1cc(C)c(Oc4[c-]c(C5=N[C@H](C(C)C)CO5)cc(-c5ccccc5)c4)[c-]c1n3-c1ncccc1C2(C)C.[Pt+2]. The summed E-state index contributed by atoms with van der Waals surface area (Å²) in [5, 5.41) is 2.36. The molecule has 0 bridgehead atoms. The van der Waals surface area contributed by atoms with E-state index in [-0.39, 0.29) is 32.5 Å². The van der Waals surface area contributed by atoms with Gasteiger partial charge in [0.2, 0.25) is 0 Å². The van der Waals surface area contributed by atoms with Crippen LogP contribution >= 0.6 is 0 Å². The monoisotopic (exact) mass is 784 g/mol. The standard InChI is InChI=1S/C40H35N3O2.Pt/c1-23(2)34-22-44-39(42-34)28-18-27(26-11-8-7-9-12-26)19-29(20-28)45-36-21-35-30(17-25(36)4)31-15-24(3)16-33-37(31)43(35)38-32(40(33,5)6)13-10-14-41-38;/h7-19,23,34H,22H2,1-6H3;/q-2;+2/t34-;/m0./s1. The van der Waals surface area contributed by atoms with Gasteiger partial charge in [0.05, 0.1) is 12.6 Å². The first kappa shape index (κ1) is 30.4. The molecule has 5 nitrogen and oxygen atoms in total. The van der Waals surface area contributed by atoms with Crippen molar-refractivity contribution in [1.29, 1.82) is 0 Å². The number of hydrogen-bond acceptors (Lipinski definition) is 4. The molecule has 6 aromatic rings. The molecule has 0 fully saturated rings. The van der Waals surface area contributed by atoms with Gasteiger partial charge in [0.1, 0.15) is 11.7 Å². The van der Waals surface area contributed by atoms with Crippen LogP contribution in [0, 0.1) is 31.9 Å². The molecule has 232 valence electrons. The minimum Gasteiger partial charge on any atom is -0.518 e. The van der Waals surface area contributed by atoms with E-state index in [4.69, 9.17) is 19.5 Å². The number of aromatic nitrogens is 2. The van der Waals surface area contributed by atoms with E-state index in [0.717, 1.165) is 39.0 Å². The molecule has 8 rings (SSSR count). The van der Waals surface area contributed by atoms with Crippen molar-refractivity contribution in [2.24, 2.45) is 10.9 Å². The van der Waals surface area contributed by atoms with E-state index in [1.807, 2.05) is 36.5 Å². The fourth-order valence-corrected chi connectivity index (χ4v) is 6.84. The van der Waals surface area contributed by atoms with Gasteiger partial charge in [-0.05, 0) is 35.4 Å². The zero-order chi connectivity index (χ0) is 31.0. The molecule has 0 aliphatic carbocycles. The number of aliphatic imine (C=N–C) groups is 1. The van der Waals surface area contributed by atoms with Crippen molar-refractivity contribution in [3.8, 4) is 28.4 Å². The zero-order valence-electron chi connectivity index (χ0n) is 26.8. The summed E-state index contributed by atoms with van der Waals surface area (Å²) >= 11 is 0. The smallest absolute Gasteiger partial charge is 0.518 e. The summed E-state index contributed by atoms with van der Waals surface area (Å²) in [5.41, 5.74) is 9.59. The summed E-state index contributed by atoms with van der Waals surface area (Å²) in [6, 6.07) is 32.8. The van der Waals surface area contributed by atoms with Gasteiger partial charge in [-0.15, -0.1) is 23.1 Å². The molecule has 0 N–H and O–H groups in total. The second-order valence-corrected chi connectivity index (χ2v) is 13.3. The zero-order valence-corrected chi connectivity index (χ0v) is 29.1. The van der Waals surface area contributed by atoms with Crippen LogP contribution in [-0.4, -0.2) is 28.1 Å². The molecule has 6 heteroatoms. The number of rotatable bonds is 5. The summed E-state index contributed by atoms with van der Waals surface area (Å²) in [5.74, 6) is 3.20. The van der Waals surface area contributed by atoms with Crippen LogP contribution in [0.4, 0.5) is 0 Å². The van der Waals surface area contributed by atoms with Gasteiger partial charge in [0.25, 0.3) is 0 Å². The van der Waals surface area contributed by atoms with Gasteiger partial charge in [0, 0.05) is 34.2 Å². The van der Waals surface area contributed by atoms with Crippen LogP contribution in [0.15, 0.2) is 84.0 Å². The largest absolute Gasteiger partial charge is 2.00 e. The summed E-state index contributed by atoms with van der Waals surface area (Å²) in [6.07, 6.45) is 1.88. The number of fused-ring (bicyclic) bond motifs is 5. The Hall–Kier alpha value is -4.21. The van der Waals surface area contributed by atoms with E-state index >= 15 is 0 Å². The van der Waals surface area contributed by atoms with Gasteiger partial charge in [-0.1, -0.05) is 117 Å². The van der Waals surface area contributed by atoms with Gasteiger partial charge in [-0.2, -0.15) is 6.07 Å². The van der Waals surface area contributed by atoms with Crippen molar-refractivity contribution in [3.63, 3.8) is 0 Å². The molecule has 4 heterocycles. The summed E-state index contributed by atoms with van der Waals surface area (Å²) < 4.78 is 15.0. The van der Waals surface area contributed by atoms with Crippen LogP contribution in [0.1, 0.15) is 55.5 Å². The van der Waals surface area contributed by atoms with Crippen LogP contribution < -0.4 is 4.74 Å². The Morgan fingerprint density at radius 2 is 1.72 bits per heavy atom. The molecule has 0 saturated carbocycles. The van der Waals surface area contributed by atoms with Gasteiger partial charge in [0.15, 0.2) is 0 Å². The predicted octanol–water partition coefficient (Wildman–Crippen LogP) is 9.29.